The number of aliphatic hydroxyl groups excluding tert-OH is 1. The number of thiophene rings is 1. The van der Waals surface area contributed by atoms with Gasteiger partial charge in [0.15, 0.2) is 0 Å². The predicted octanol–water partition coefficient (Wildman–Crippen LogP) is 1.40. The van der Waals surface area contributed by atoms with Crippen molar-refractivity contribution in [1.82, 2.24) is 0 Å². The molecule has 68 valence electrons. The number of hydrogen-bond donors (Lipinski definition) is 2. The first kappa shape index (κ1) is 9.51. The molecule has 0 aliphatic carbocycles. The normalized spacial score (nSPS) is 13.0. The van der Waals surface area contributed by atoms with E-state index in [4.69, 9.17) is 15.6 Å². The minimum atomic E-state index is -0.926. The molecule has 0 aromatic carbocycles. The zero-order valence-corrected chi connectivity index (χ0v) is 8.02. The van der Waals surface area contributed by atoms with Gasteiger partial charge in [0.1, 0.15) is 12.0 Å². The Morgan fingerprint density at radius 3 is 2.92 bits per heavy atom. The van der Waals surface area contributed by atoms with Crippen LogP contribution in [-0.2, 0) is 0 Å². The molecule has 1 atom stereocenters. The minimum Gasteiger partial charge on any atom is -0.493 e. The van der Waals surface area contributed by atoms with Crippen molar-refractivity contribution in [2.75, 3.05) is 6.61 Å². The lowest BCUT2D eigenvalue weighted by molar-refractivity contribution is 0.184. The number of nitrogens with two attached hydrogens (primary N) is 1. The molecule has 1 aromatic rings. The zero-order valence-electron chi connectivity index (χ0n) is 7.20. The van der Waals surface area contributed by atoms with Crippen molar-refractivity contribution in [2.24, 2.45) is 5.73 Å². The Hall–Kier alpha value is -0.580. The Labute approximate surface area is 75.8 Å². The van der Waals surface area contributed by atoms with Crippen LogP contribution in [-0.4, -0.2) is 11.7 Å². The SMILES string of the molecule is CCOc1cc(C)sc1C(N)O. The maximum absolute atomic E-state index is 9.15. The Balaban J connectivity index is 2.92. The number of hydrogen-bond acceptors (Lipinski definition) is 4. The Bertz CT molecular complexity index is 258. The van der Waals surface area contributed by atoms with E-state index in [1.165, 1.54) is 11.3 Å². The second-order valence-electron chi connectivity index (χ2n) is 2.46. The quantitative estimate of drug-likeness (QED) is 0.703. The lowest BCUT2D eigenvalue weighted by Crippen LogP contribution is -2.08. The minimum absolute atomic E-state index is 0.593. The highest BCUT2D eigenvalue weighted by molar-refractivity contribution is 7.12. The summed E-state index contributed by atoms with van der Waals surface area (Å²) in [5.41, 5.74) is 5.34. The van der Waals surface area contributed by atoms with Crippen molar-refractivity contribution in [3.63, 3.8) is 0 Å². The molecule has 3 nitrogen and oxygen atoms in total. The van der Waals surface area contributed by atoms with Crippen molar-refractivity contribution >= 4 is 11.3 Å². The smallest absolute Gasteiger partial charge is 0.141 e. The van der Waals surface area contributed by atoms with E-state index in [0.717, 1.165) is 4.88 Å². The summed E-state index contributed by atoms with van der Waals surface area (Å²) in [7, 11) is 0. The summed E-state index contributed by atoms with van der Waals surface area (Å²) in [5.74, 6) is 0.704. The largest absolute Gasteiger partial charge is 0.493 e. The van der Waals surface area contributed by atoms with Crippen molar-refractivity contribution in [2.45, 2.75) is 20.1 Å². The van der Waals surface area contributed by atoms with Gasteiger partial charge in [-0.25, -0.2) is 0 Å². The van der Waals surface area contributed by atoms with Gasteiger partial charge in [-0.15, -0.1) is 11.3 Å². The summed E-state index contributed by atoms with van der Waals surface area (Å²) >= 11 is 1.46. The van der Waals surface area contributed by atoms with Crippen LogP contribution in [0.2, 0.25) is 0 Å². The molecule has 0 saturated heterocycles. The molecule has 0 bridgehead atoms. The molecule has 0 fully saturated rings. The number of ether oxygens (including phenoxy) is 1. The molecule has 0 radical (unpaired) electrons. The molecular formula is C8H13NO2S. The van der Waals surface area contributed by atoms with E-state index in [1.54, 1.807) is 0 Å². The topological polar surface area (TPSA) is 55.5 Å². The van der Waals surface area contributed by atoms with Gasteiger partial charge in [-0.3, -0.25) is 0 Å². The highest BCUT2D eigenvalue weighted by Crippen LogP contribution is 2.31. The van der Waals surface area contributed by atoms with Gasteiger partial charge in [0, 0.05) is 4.88 Å². The molecule has 1 aromatic heterocycles. The number of aryl methyl sites for hydroxylation is 1. The highest BCUT2D eigenvalue weighted by Gasteiger charge is 2.12. The molecule has 3 N–H and O–H groups in total. The van der Waals surface area contributed by atoms with Crippen LogP contribution in [0.1, 0.15) is 22.9 Å². The summed E-state index contributed by atoms with van der Waals surface area (Å²) in [6.07, 6.45) is -0.926. The van der Waals surface area contributed by atoms with Gasteiger partial charge in [0.05, 0.1) is 11.5 Å². The first-order valence-electron chi connectivity index (χ1n) is 3.82. The van der Waals surface area contributed by atoms with Crippen molar-refractivity contribution in [1.29, 1.82) is 0 Å². The van der Waals surface area contributed by atoms with Crippen molar-refractivity contribution in [3.05, 3.63) is 15.8 Å². The Kier molecular flexibility index (Phi) is 3.08. The van der Waals surface area contributed by atoms with Gasteiger partial charge >= 0.3 is 0 Å². The third-order valence-electron chi connectivity index (χ3n) is 1.42. The summed E-state index contributed by atoms with van der Waals surface area (Å²) < 4.78 is 5.29. The van der Waals surface area contributed by atoms with Crippen LogP contribution >= 0.6 is 11.3 Å². The summed E-state index contributed by atoms with van der Waals surface area (Å²) in [5, 5.41) is 9.15. The van der Waals surface area contributed by atoms with E-state index in [-0.39, 0.29) is 0 Å². The fourth-order valence-electron chi connectivity index (χ4n) is 0.983. The van der Waals surface area contributed by atoms with E-state index in [2.05, 4.69) is 0 Å². The van der Waals surface area contributed by atoms with E-state index >= 15 is 0 Å². The van der Waals surface area contributed by atoms with Gasteiger partial charge in [0.25, 0.3) is 0 Å². The van der Waals surface area contributed by atoms with Gasteiger partial charge in [-0.2, -0.15) is 0 Å². The second kappa shape index (κ2) is 3.89. The molecule has 0 saturated carbocycles. The standard InChI is InChI=1S/C8H13NO2S/c1-3-11-6-4-5(2)12-7(6)8(9)10/h4,8,10H,3,9H2,1-2H3. The van der Waals surface area contributed by atoms with Crippen LogP contribution in [0.25, 0.3) is 0 Å². The summed E-state index contributed by atoms with van der Waals surface area (Å²) in [6, 6.07) is 1.89. The molecule has 12 heavy (non-hydrogen) atoms. The third kappa shape index (κ3) is 1.97. The fraction of sp³-hybridized carbons (Fsp3) is 0.500. The lowest BCUT2D eigenvalue weighted by atomic mass is 10.4. The predicted molar refractivity (Wildman–Crippen MR) is 49.4 cm³/mol. The molecule has 4 heteroatoms. The van der Waals surface area contributed by atoms with E-state index in [9.17, 15) is 0 Å². The average Bonchev–Trinajstić information content (AvgIpc) is 2.32. The Morgan fingerprint density at radius 1 is 1.75 bits per heavy atom. The van der Waals surface area contributed by atoms with E-state index in [0.29, 0.717) is 17.2 Å². The van der Waals surface area contributed by atoms with Crippen LogP contribution in [0.4, 0.5) is 0 Å². The maximum Gasteiger partial charge on any atom is 0.141 e. The molecule has 1 heterocycles. The average molecular weight is 187 g/mol. The molecule has 0 aliphatic heterocycles. The van der Waals surface area contributed by atoms with Gasteiger partial charge in [-0.1, -0.05) is 0 Å². The molecule has 0 amide bonds. The van der Waals surface area contributed by atoms with Gasteiger partial charge < -0.3 is 15.6 Å². The van der Waals surface area contributed by atoms with E-state index < -0.39 is 6.23 Å². The van der Waals surface area contributed by atoms with Crippen LogP contribution < -0.4 is 10.5 Å². The molecule has 0 aliphatic rings. The first-order valence-corrected chi connectivity index (χ1v) is 4.63. The Morgan fingerprint density at radius 2 is 2.42 bits per heavy atom. The van der Waals surface area contributed by atoms with Gasteiger partial charge in [-0.05, 0) is 19.9 Å². The van der Waals surface area contributed by atoms with E-state index in [1.807, 2.05) is 19.9 Å². The van der Waals surface area contributed by atoms with Crippen LogP contribution in [0.3, 0.4) is 0 Å². The van der Waals surface area contributed by atoms with Gasteiger partial charge in [0.2, 0.25) is 0 Å². The van der Waals surface area contributed by atoms with Crippen LogP contribution in [0, 0.1) is 6.92 Å². The molecule has 1 rings (SSSR count). The second-order valence-corrected chi connectivity index (χ2v) is 3.75. The number of aliphatic hydroxyl groups is 1. The maximum atomic E-state index is 9.15. The molecule has 0 spiro atoms. The third-order valence-corrected chi connectivity index (χ3v) is 2.52. The molecular weight excluding hydrogens is 174 g/mol. The summed E-state index contributed by atoms with van der Waals surface area (Å²) in [4.78, 5) is 1.80. The number of rotatable bonds is 3. The fourth-order valence-corrected chi connectivity index (χ4v) is 1.84. The van der Waals surface area contributed by atoms with Crippen LogP contribution in [0.15, 0.2) is 6.07 Å². The van der Waals surface area contributed by atoms with Crippen molar-refractivity contribution in [3.8, 4) is 5.75 Å². The zero-order chi connectivity index (χ0) is 9.14. The first-order chi connectivity index (χ1) is 5.65. The van der Waals surface area contributed by atoms with Crippen LogP contribution in [0.5, 0.6) is 5.75 Å². The summed E-state index contributed by atoms with van der Waals surface area (Å²) in [6.45, 7) is 4.45. The monoisotopic (exact) mass is 187 g/mol. The van der Waals surface area contributed by atoms with Crippen molar-refractivity contribution < 1.29 is 9.84 Å². The molecule has 1 unspecified atom stereocenters. The lowest BCUT2D eigenvalue weighted by Gasteiger charge is -2.05. The highest BCUT2D eigenvalue weighted by atomic mass is 32.1.